The van der Waals surface area contributed by atoms with Crippen molar-refractivity contribution >= 4 is 5.97 Å². The van der Waals surface area contributed by atoms with Gasteiger partial charge in [0.1, 0.15) is 5.75 Å². The summed E-state index contributed by atoms with van der Waals surface area (Å²) in [5.74, 6) is 0.142. The molecule has 1 unspecified atom stereocenters. The minimum atomic E-state index is -0.767. The molecule has 1 aromatic carbocycles. The second kappa shape index (κ2) is 5.89. The van der Waals surface area contributed by atoms with E-state index in [9.17, 15) is 4.79 Å². The van der Waals surface area contributed by atoms with Crippen molar-refractivity contribution in [2.75, 3.05) is 6.61 Å². The van der Waals surface area contributed by atoms with Crippen molar-refractivity contribution in [3.63, 3.8) is 0 Å². The lowest BCUT2D eigenvalue weighted by Gasteiger charge is -2.17. The van der Waals surface area contributed by atoms with Gasteiger partial charge in [-0.3, -0.25) is 4.79 Å². The van der Waals surface area contributed by atoms with Crippen molar-refractivity contribution in [3.05, 3.63) is 29.3 Å². The summed E-state index contributed by atoms with van der Waals surface area (Å²) >= 11 is 0. The first-order valence-corrected chi connectivity index (χ1v) is 6.61. The molecule has 0 amide bonds. The molecule has 3 nitrogen and oxygen atoms in total. The Morgan fingerprint density at radius 3 is 2.78 bits per heavy atom. The molecule has 0 fully saturated rings. The molecule has 2 rings (SSSR count). The Kier molecular flexibility index (Phi) is 4.24. The van der Waals surface area contributed by atoms with E-state index in [0.717, 1.165) is 12.2 Å². The normalized spacial score (nSPS) is 15.8. The van der Waals surface area contributed by atoms with Crippen LogP contribution in [-0.4, -0.2) is 17.7 Å². The van der Waals surface area contributed by atoms with Gasteiger partial charge in [-0.25, -0.2) is 0 Å². The van der Waals surface area contributed by atoms with Gasteiger partial charge in [0.15, 0.2) is 0 Å². The average molecular weight is 248 g/mol. The number of fused-ring (bicyclic) bond motifs is 1. The lowest BCUT2D eigenvalue weighted by atomic mass is 9.92. The van der Waals surface area contributed by atoms with E-state index in [2.05, 4.69) is 12.1 Å². The minimum Gasteiger partial charge on any atom is -0.493 e. The third kappa shape index (κ3) is 3.49. The number of aryl methyl sites for hydroxylation is 2. The number of hydrogen-bond donors (Lipinski definition) is 1. The maximum Gasteiger partial charge on any atom is 0.303 e. The van der Waals surface area contributed by atoms with Crippen molar-refractivity contribution in [1.82, 2.24) is 0 Å². The van der Waals surface area contributed by atoms with Gasteiger partial charge in [-0.05, 0) is 48.9 Å². The van der Waals surface area contributed by atoms with Gasteiger partial charge in [-0.1, -0.05) is 13.0 Å². The predicted octanol–water partition coefficient (Wildman–Crippen LogP) is 3.06. The summed E-state index contributed by atoms with van der Waals surface area (Å²) in [4.78, 5) is 10.6. The molecule has 1 N–H and O–H groups in total. The number of carboxylic acid groups (broad SMARTS) is 1. The second-order valence-electron chi connectivity index (χ2n) is 5.15. The number of carbonyl (C=O) groups is 1. The molecule has 0 aliphatic heterocycles. The molecule has 18 heavy (non-hydrogen) atoms. The quantitative estimate of drug-likeness (QED) is 0.871. The Morgan fingerprint density at radius 2 is 2.06 bits per heavy atom. The molecule has 1 aromatic rings. The van der Waals surface area contributed by atoms with Crippen LogP contribution >= 0.6 is 0 Å². The van der Waals surface area contributed by atoms with Crippen molar-refractivity contribution in [3.8, 4) is 5.75 Å². The van der Waals surface area contributed by atoms with Gasteiger partial charge in [-0.2, -0.15) is 0 Å². The Morgan fingerprint density at radius 1 is 1.33 bits per heavy atom. The lowest BCUT2D eigenvalue weighted by molar-refractivity contribution is -0.138. The summed E-state index contributed by atoms with van der Waals surface area (Å²) in [6, 6.07) is 6.26. The predicted molar refractivity (Wildman–Crippen MR) is 70.0 cm³/mol. The molecular weight excluding hydrogens is 228 g/mol. The van der Waals surface area contributed by atoms with E-state index in [1.165, 1.54) is 30.4 Å². The van der Waals surface area contributed by atoms with Crippen LogP contribution in [0.2, 0.25) is 0 Å². The summed E-state index contributed by atoms with van der Waals surface area (Å²) in [6.07, 6.45) is 5.00. The van der Waals surface area contributed by atoms with Gasteiger partial charge >= 0.3 is 5.97 Å². The number of ether oxygens (including phenoxy) is 1. The number of benzene rings is 1. The third-order valence-electron chi connectivity index (χ3n) is 3.38. The van der Waals surface area contributed by atoms with Crippen molar-refractivity contribution in [2.45, 2.75) is 39.0 Å². The molecule has 0 heterocycles. The molecule has 1 aliphatic rings. The fourth-order valence-corrected chi connectivity index (χ4v) is 2.40. The summed E-state index contributed by atoms with van der Waals surface area (Å²) in [7, 11) is 0. The summed E-state index contributed by atoms with van der Waals surface area (Å²) in [5, 5.41) is 8.68. The van der Waals surface area contributed by atoms with Gasteiger partial charge in [0.2, 0.25) is 0 Å². The van der Waals surface area contributed by atoms with Gasteiger partial charge in [0.05, 0.1) is 13.0 Å². The van der Waals surface area contributed by atoms with E-state index in [4.69, 9.17) is 9.84 Å². The Balaban J connectivity index is 1.91. The summed E-state index contributed by atoms with van der Waals surface area (Å²) in [5.41, 5.74) is 2.83. The first-order chi connectivity index (χ1) is 8.65. The van der Waals surface area contributed by atoms with Crippen LogP contribution in [0.5, 0.6) is 5.75 Å². The maximum absolute atomic E-state index is 10.6. The van der Waals surface area contributed by atoms with Crippen LogP contribution in [0.15, 0.2) is 18.2 Å². The molecular formula is C15H20O3. The van der Waals surface area contributed by atoms with Crippen LogP contribution in [-0.2, 0) is 17.6 Å². The zero-order valence-corrected chi connectivity index (χ0v) is 10.8. The van der Waals surface area contributed by atoms with E-state index in [0.29, 0.717) is 6.61 Å². The van der Waals surface area contributed by atoms with Crippen LogP contribution < -0.4 is 4.74 Å². The fraction of sp³-hybridized carbons (Fsp3) is 0.533. The minimum absolute atomic E-state index is 0.0403. The molecule has 3 heteroatoms. The monoisotopic (exact) mass is 248 g/mol. The molecule has 0 spiro atoms. The lowest BCUT2D eigenvalue weighted by Crippen LogP contribution is -2.13. The van der Waals surface area contributed by atoms with Gasteiger partial charge in [0.25, 0.3) is 0 Å². The molecule has 1 aliphatic carbocycles. The molecule has 0 saturated carbocycles. The number of hydrogen-bond acceptors (Lipinski definition) is 2. The first-order valence-electron chi connectivity index (χ1n) is 6.61. The highest BCUT2D eigenvalue weighted by Crippen LogP contribution is 2.25. The van der Waals surface area contributed by atoms with E-state index < -0.39 is 5.97 Å². The number of carboxylic acids is 1. The third-order valence-corrected chi connectivity index (χ3v) is 3.38. The van der Waals surface area contributed by atoms with Gasteiger partial charge in [0, 0.05) is 5.92 Å². The van der Waals surface area contributed by atoms with Gasteiger partial charge in [-0.15, -0.1) is 0 Å². The van der Waals surface area contributed by atoms with Crippen molar-refractivity contribution in [2.24, 2.45) is 5.92 Å². The Labute approximate surface area is 108 Å². The van der Waals surface area contributed by atoms with Crippen molar-refractivity contribution in [1.29, 1.82) is 0 Å². The Hall–Kier alpha value is -1.51. The highest BCUT2D eigenvalue weighted by Gasteiger charge is 2.11. The van der Waals surface area contributed by atoms with E-state index in [1.807, 2.05) is 13.0 Å². The van der Waals surface area contributed by atoms with Crippen LogP contribution in [0.1, 0.15) is 37.3 Å². The smallest absolute Gasteiger partial charge is 0.303 e. The van der Waals surface area contributed by atoms with Crippen LogP contribution in [0.3, 0.4) is 0 Å². The molecule has 1 atom stereocenters. The molecule has 0 saturated heterocycles. The van der Waals surface area contributed by atoms with Crippen molar-refractivity contribution < 1.29 is 14.6 Å². The second-order valence-corrected chi connectivity index (χ2v) is 5.15. The molecule has 0 aromatic heterocycles. The largest absolute Gasteiger partial charge is 0.493 e. The number of rotatable bonds is 5. The zero-order chi connectivity index (χ0) is 13.0. The molecule has 98 valence electrons. The summed E-state index contributed by atoms with van der Waals surface area (Å²) in [6.45, 7) is 2.36. The zero-order valence-electron chi connectivity index (χ0n) is 10.8. The van der Waals surface area contributed by atoms with Crippen LogP contribution in [0.25, 0.3) is 0 Å². The molecule has 0 bridgehead atoms. The maximum atomic E-state index is 10.6. The van der Waals surface area contributed by atoms with Gasteiger partial charge < -0.3 is 9.84 Å². The Bertz CT molecular complexity index is 426. The van der Waals surface area contributed by atoms with E-state index in [1.54, 1.807) is 0 Å². The van der Waals surface area contributed by atoms with E-state index in [-0.39, 0.29) is 12.3 Å². The fourth-order valence-electron chi connectivity index (χ4n) is 2.40. The standard InChI is InChI=1S/C15H20O3/c1-11(8-15(16)17)10-18-14-7-6-12-4-2-3-5-13(12)9-14/h6-7,9,11H,2-5,8,10H2,1H3,(H,16,17). The average Bonchev–Trinajstić information content (AvgIpc) is 2.35. The number of aliphatic carboxylic acids is 1. The molecule has 0 radical (unpaired) electrons. The van der Waals surface area contributed by atoms with Crippen LogP contribution in [0.4, 0.5) is 0 Å². The highest BCUT2D eigenvalue weighted by atomic mass is 16.5. The van der Waals surface area contributed by atoms with Crippen LogP contribution in [0, 0.1) is 5.92 Å². The highest BCUT2D eigenvalue weighted by molar-refractivity contribution is 5.66. The SMILES string of the molecule is CC(COc1ccc2c(c1)CCCC2)CC(=O)O. The summed E-state index contributed by atoms with van der Waals surface area (Å²) < 4.78 is 5.67. The first kappa shape index (κ1) is 12.9. The van der Waals surface area contributed by atoms with E-state index >= 15 is 0 Å². The topological polar surface area (TPSA) is 46.5 Å².